The minimum atomic E-state index is -0.0448. The molecule has 1 N–H and O–H groups in total. The van der Waals surface area contributed by atoms with E-state index >= 15 is 0 Å². The number of benzene rings is 2. The maximum Gasteiger partial charge on any atom is 0.199 e. The molecule has 1 aliphatic rings. The van der Waals surface area contributed by atoms with Crippen LogP contribution >= 0.6 is 11.3 Å². The van der Waals surface area contributed by atoms with E-state index in [1.165, 1.54) is 16.9 Å². The molecule has 4 rings (SSSR count). The van der Waals surface area contributed by atoms with Gasteiger partial charge in [0.05, 0.1) is 24.8 Å². The van der Waals surface area contributed by atoms with Gasteiger partial charge in [0.15, 0.2) is 17.3 Å². The first-order chi connectivity index (χ1) is 15.0. The van der Waals surface area contributed by atoms with Crippen molar-refractivity contribution in [1.82, 2.24) is 10.3 Å². The van der Waals surface area contributed by atoms with E-state index in [4.69, 9.17) is 9.47 Å². The summed E-state index contributed by atoms with van der Waals surface area (Å²) in [5, 5.41) is 4.23. The fourth-order valence-corrected chi connectivity index (χ4v) is 4.75. The molecule has 0 spiro atoms. The highest BCUT2D eigenvalue weighted by molar-refractivity contribution is 7.17. The maximum atomic E-state index is 13.2. The Morgan fingerprint density at radius 3 is 2.55 bits per heavy atom. The monoisotopic (exact) mass is 434 g/mol. The largest absolute Gasteiger partial charge is 0.493 e. The number of fused-ring (bicyclic) bond motifs is 1. The van der Waals surface area contributed by atoms with Gasteiger partial charge in [-0.15, -0.1) is 11.3 Å². The molecule has 2 heterocycles. The smallest absolute Gasteiger partial charge is 0.199 e. The number of hydrogen-bond donors (Lipinski definition) is 1. The number of aryl methyl sites for hydroxylation is 2. The zero-order valence-electron chi connectivity index (χ0n) is 18.2. The van der Waals surface area contributed by atoms with Crippen molar-refractivity contribution < 1.29 is 14.3 Å². The average Bonchev–Trinajstić information content (AvgIpc) is 3.20. The summed E-state index contributed by atoms with van der Waals surface area (Å²) in [6.45, 7) is 4.79. The van der Waals surface area contributed by atoms with E-state index < -0.39 is 0 Å². The van der Waals surface area contributed by atoms with Crippen molar-refractivity contribution >= 4 is 22.8 Å². The zero-order chi connectivity index (χ0) is 22.0. The highest BCUT2D eigenvalue weighted by Gasteiger charge is 2.21. The maximum absolute atomic E-state index is 13.2. The molecule has 160 valence electrons. The number of aromatic nitrogens is 1. The molecule has 5 nitrogen and oxygen atoms in total. The Balaban J connectivity index is 1.66. The summed E-state index contributed by atoms with van der Waals surface area (Å²) in [6.07, 6.45) is 3.53. The highest BCUT2D eigenvalue weighted by Crippen LogP contribution is 2.35. The van der Waals surface area contributed by atoms with E-state index in [0.29, 0.717) is 16.4 Å². The van der Waals surface area contributed by atoms with Crippen molar-refractivity contribution in [2.24, 2.45) is 0 Å². The van der Waals surface area contributed by atoms with Crippen LogP contribution in [0.15, 0.2) is 42.5 Å². The number of ether oxygens (including phenoxy) is 2. The molecule has 0 fully saturated rings. The predicted octanol–water partition coefficient (Wildman–Crippen LogP) is 5.07. The van der Waals surface area contributed by atoms with Gasteiger partial charge in [0.25, 0.3) is 0 Å². The molecule has 0 atom stereocenters. The Morgan fingerprint density at radius 1 is 1.16 bits per heavy atom. The minimum Gasteiger partial charge on any atom is -0.493 e. The SMILES string of the molecule is CCc1ccc(-c2nc(C)c(C(=O)C=C3NCCc4cc(OC)c(OC)cc43)s2)cc1. The van der Waals surface area contributed by atoms with Crippen LogP contribution in [0.3, 0.4) is 0 Å². The first kappa shape index (κ1) is 21.1. The third-order valence-corrected chi connectivity index (χ3v) is 6.74. The van der Waals surface area contributed by atoms with Gasteiger partial charge in [-0.05, 0) is 43.0 Å². The van der Waals surface area contributed by atoms with Crippen molar-refractivity contribution in [2.45, 2.75) is 26.7 Å². The summed E-state index contributed by atoms with van der Waals surface area (Å²) >= 11 is 1.44. The molecule has 0 bridgehead atoms. The number of methoxy groups -OCH3 is 2. The minimum absolute atomic E-state index is 0.0448. The Labute approximate surface area is 186 Å². The average molecular weight is 435 g/mol. The van der Waals surface area contributed by atoms with E-state index in [2.05, 4.69) is 41.5 Å². The molecule has 0 radical (unpaired) electrons. The first-order valence-electron chi connectivity index (χ1n) is 10.4. The molecule has 0 saturated carbocycles. The molecule has 0 aliphatic carbocycles. The van der Waals surface area contributed by atoms with E-state index in [1.807, 2.05) is 19.1 Å². The summed E-state index contributed by atoms with van der Waals surface area (Å²) < 4.78 is 10.9. The van der Waals surface area contributed by atoms with Crippen LogP contribution in [0.2, 0.25) is 0 Å². The second-order valence-electron chi connectivity index (χ2n) is 7.45. The van der Waals surface area contributed by atoms with E-state index in [0.717, 1.165) is 52.5 Å². The fraction of sp³-hybridized carbons (Fsp3) is 0.280. The van der Waals surface area contributed by atoms with Gasteiger partial charge in [0.1, 0.15) is 5.01 Å². The standard InChI is InChI=1S/C25H26N2O3S/c1-5-16-6-8-17(9-7-16)25-27-15(2)24(31-25)21(28)14-20-19-13-23(30-4)22(29-3)12-18(19)10-11-26-20/h6-9,12-14,26H,5,10-11H2,1-4H3. The van der Waals surface area contributed by atoms with Crippen LogP contribution in [-0.4, -0.2) is 31.5 Å². The van der Waals surface area contributed by atoms with Crippen molar-refractivity contribution in [3.05, 3.63) is 69.7 Å². The number of rotatable bonds is 6. The van der Waals surface area contributed by atoms with Crippen molar-refractivity contribution in [3.8, 4) is 22.1 Å². The van der Waals surface area contributed by atoms with Crippen LogP contribution in [0, 0.1) is 6.92 Å². The number of thiazole rings is 1. The Morgan fingerprint density at radius 2 is 1.87 bits per heavy atom. The summed E-state index contributed by atoms with van der Waals surface area (Å²) in [4.78, 5) is 18.5. The number of hydrogen-bond acceptors (Lipinski definition) is 6. The fourth-order valence-electron chi connectivity index (χ4n) is 3.76. The van der Waals surface area contributed by atoms with Crippen LogP contribution in [-0.2, 0) is 12.8 Å². The van der Waals surface area contributed by atoms with Crippen LogP contribution in [0.5, 0.6) is 11.5 Å². The van der Waals surface area contributed by atoms with Crippen molar-refractivity contribution in [2.75, 3.05) is 20.8 Å². The third kappa shape index (κ3) is 4.21. The second-order valence-corrected chi connectivity index (χ2v) is 8.45. The van der Waals surface area contributed by atoms with Gasteiger partial charge in [0, 0.05) is 29.4 Å². The third-order valence-electron chi connectivity index (χ3n) is 5.51. The van der Waals surface area contributed by atoms with Crippen molar-refractivity contribution in [1.29, 1.82) is 0 Å². The predicted molar refractivity (Wildman–Crippen MR) is 125 cm³/mol. The number of nitrogens with one attached hydrogen (secondary N) is 1. The van der Waals surface area contributed by atoms with Gasteiger partial charge in [-0.2, -0.15) is 0 Å². The van der Waals surface area contributed by atoms with Gasteiger partial charge < -0.3 is 14.8 Å². The normalized spacial score (nSPS) is 14.1. The molecule has 3 aromatic rings. The summed E-state index contributed by atoms with van der Waals surface area (Å²) in [7, 11) is 3.25. The lowest BCUT2D eigenvalue weighted by Gasteiger charge is -2.23. The Hall–Kier alpha value is -3.12. The number of nitrogens with zero attached hydrogens (tertiary/aromatic N) is 1. The Kier molecular flexibility index (Phi) is 6.09. The first-order valence-corrected chi connectivity index (χ1v) is 11.2. The van der Waals surface area contributed by atoms with E-state index in [9.17, 15) is 4.79 Å². The number of carbonyl (C=O) groups excluding carboxylic acids is 1. The van der Waals surface area contributed by atoms with E-state index in [-0.39, 0.29) is 5.78 Å². The quantitative estimate of drug-likeness (QED) is 0.434. The molecule has 1 aliphatic heterocycles. The van der Waals surface area contributed by atoms with Crippen LogP contribution in [0.4, 0.5) is 0 Å². The highest BCUT2D eigenvalue weighted by atomic mass is 32.1. The van der Waals surface area contributed by atoms with Crippen molar-refractivity contribution in [3.63, 3.8) is 0 Å². The lowest BCUT2D eigenvalue weighted by molar-refractivity contribution is 0.105. The number of carbonyl (C=O) groups is 1. The summed E-state index contributed by atoms with van der Waals surface area (Å²) in [5.74, 6) is 1.30. The number of ketones is 1. The molecule has 2 aromatic carbocycles. The van der Waals surface area contributed by atoms with Gasteiger partial charge in [-0.25, -0.2) is 4.98 Å². The molecular formula is C25H26N2O3S. The summed E-state index contributed by atoms with van der Waals surface area (Å²) in [5.41, 5.74) is 5.98. The molecular weight excluding hydrogens is 408 g/mol. The molecule has 1 aromatic heterocycles. The molecule has 6 heteroatoms. The van der Waals surface area contributed by atoms with Crippen LogP contribution < -0.4 is 14.8 Å². The van der Waals surface area contributed by atoms with Gasteiger partial charge in [-0.1, -0.05) is 31.2 Å². The summed E-state index contributed by atoms with van der Waals surface area (Å²) in [6, 6.07) is 12.3. The lowest BCUT2D eigenvalue weighted by atomic mass is 9.96. The molecule has 0 amide bonds. The molecule has 0 unspecified atom stereocenters. The van der Waals surface area contributed by atoms with Gasteiger partial charge >= 0.3 is 0 Å². The van der Waals surface area contributed by atoms with E-state index in [1.54, 1.807) is 20.3 Å². The molecule has 31 heavy (non-hydrogen) atoms. The van der Waals surface area contributed by atoms with Gasteiger partial charge in [-0.3, -0.25) is 4.79 Å². The number of allylic oxidation sites excluding steroid dienone is 1. The second kappa shape index (κ2) is 8.94. The zero-order valence-corrected chi connectivity index (χ0v) is 19.1. The molecule has 0 saturated heterocycles. The topological polar surface area (TPSA) is 60.5 Å². The Bertz CT molecular complexity index is 1150. The van der Waals surface area contributed by atoms with Gasteiger partial charge in [0.2, 0.25) is 0 Å². The lowest BCUT2D eigenvalue weighted by Crippen LogP contribution is -2.23. The van der Waals surface area contributed by atoms with Crippen LogP contribution in [0.25, 0.3) is 16.3 Å². The van der Waals surface area contributed by atoms with Crippen LogP contribution in [0.1, 0.15) is 39.0 Å².